The number of carbonyl (C=O) groups excluding carboxylic acids is 1. The topological polar surface area (TPSA) is 133 Å². The van der Waals surface area contributed by atoms with Gasteiger partial charge in [-0.05, 0) is 85.5 Å². The lowest BCUT2D eigenvalue weighted by atomic mass is 10.0. The molecule has 10 nitrogen and oxygen atoms in total. The van der Waals surface area contributed by atoms with E-state index in [-0.39, 0.29) is 29.3 Å². The fourth-order valence-electron chi connectivity index (χ4n) is 5.52. The summed E-state index contributed by atoms with van der Waals surface area (Å²) in [5.41, 5.74) is 2.93. The van der Waals surface area contributed by atoms with Crippen molar-refractivity contribution in [1.29, 1.82) is 0 Å². The molecule has 246 valence electrons. The van der Waals surface area contributed by atoms with Crippen molar-refractivity contribution < 1.29 is 29.2 Å². The Morgan fingerprint density at radius 2 is 1.85 bits per heavy atom. The monoisotopic (exact) mass is 639 g/mol. The van der Waals surface area contributed by atoms with Gasteiger partial charge in [-0.15, -0.1) is 0 Å². The first kappa shape index (κ1) is 33.3. The number of benzene rings is 3. The molecule has 1 heterocycles. The van der Waals surface area contributed by atoms with E-state index in [1.165, 1.54) is 12.1 Å². The van der Waals surface area contributed by atoms with Crippen molar-refractivity contribution in [2.75, 3.05) is 33.9 Å². The van der Waals surface area contributed by atoms with Gasteiger partial charge in [0, 0.05) is 48.3 Å². The Balaban J connectivity index is 1.23. The number of pyridine rings is 1. The Labute approximate surface area is 273 Å². The van der Waals surface area contributed by atoms with E-state index in [0.29, 0.717) is 60.7 Å². The molecule has 1 aliphatic rings. The van der Waals surface area contributed by atoms with Crippen LogP contribution in [0.1, 0.15) is 52.4 Å². The predicted octanol–water partition coefficient (Wildman–Crippen LogP) is 5.36. The molecule has 3 aromatic carbocycles. The van der Waals surface area contributed by atoms with Gasteiger partial charge in [-0.25, -0.2) is 0 Å². The maximum Gasteiger partial charge on any atom is 0.254 e. The van der Waals surface area contributed by atoms with Crippen LogP contribution >= 0.6 is 0 Å². The van der Waals surface area contributed by atoms with Crippen LogP contribution in [0.4, 0.5) is 0 Å². The SMILES string of the molecule is COc1ccc(CN(CCCNC[C@H](O)c2ccc(O)c3[nH]c(=O)ccc23)C(=O)c2ccc(COC3=CCCC=C3)cc2)c(OC)c1. The normalized spacial score (nSPS) is 13.2. The fourth-order valence-corrected chi connectivity index (χ4v) is 5.52. The Bertz CT molecular complexity index is 1800. The Morgan fingerprint density at radius 1 is 1.02 bits per heavy atom. The zero-order chi connectivity index (χ0) is 33.2. The van der Waals surface area contributed by atoms with E-state index in [0.717, 1.165) is 29.7 Å². The number of H-pyrrole nitrogens is 1. The van der Waals surface area contributed by atoms with E-state index >= 15 is 0 Å². The second-order valence-electron chi connectivity index (χ2n) is 11.3. The minimum absolute atomic E-state index is 0.0580. The highest BCUT2D eigenvalue weighted by atomic mass is 16.5. The lowest BCUT2D eigenvalue weighted by molar-refractivity contribution is 0.0739. The first-order valence-corrected chi connectivity index (χ1v) is 15.7. The van der Waals surface area contributed by atoms with Crippen LogP contribution in [-0.2, 0) is 17.9 Å². The Morgan fingerprint density at radius 3 is 2.60 bits per heavy atom. The highest BCUT2D eigenvalue weighted by Gasteiger charge is 2.19. The molecule has 5 rings (SSSR count). The van der Waals surface area contributed by atoms with Crippen LogP contribution < -0.4 is 20.3 Å². The van der Waals surface area contributed by atoms with Gasteiger partial charge in [-0.1, -0.05) is 24.3 Å². The zero-order valence-corrected chi connectivity index (χ0v) is 26.7. The number of ether oxygens (including phenoxy) is 3. The standard InChI is InChI=1S/C37H41N3O7/c1-45-29-14-13-27(34(21-29)46-2)23-40(37(44)26-11-9-25(10-12-26)24-47-28-7-4-3-5-8-28)20-6-19-38-22-33(42)30-15-17-32(41)36-31(30)16-18-35(43)39-36/h4,7-18,21,33,38,41-42H,3,5-6,19-20,22-24H2,1-2H3,(H,39,43)/t33-/m0/s1. The number of carbonyl (C=O) groups is 1. The summed E-state index contributed by atoms with van der Waals surface area (Å²) < 4.78 is 16.8. The lowest BCUT2D eigenvalue weighted by Gasteiger charge is -2.24. The van der Waals surface area contributed by atoms with Crippen LogP contribution in [0.2, 0.25) is 0 Å². The maximum absolute atomic E-state index is 13.8. The highest BCUT2D eigenvalue weighted by Crippen LogP contribution is 2.29. The number of nitrogens with one attached hydrogen (secondary N) is 2. The van der Waals surface area contributed by atoms with E-state index in [1.54, 1.807) is 37.3 Å². The van der Waals surface area contributed by atoms with Crippen molar-refractivity contribution in [3.8, 4) is 17.2 Å². The largest absolute Gasteiger partial charge is 0.506 e. The van der Waals surface area contributed by atoms with Gasteiger partial charge < -0.3 is 39.6 Å². The molecule has 0 fully saturated rings. The number of aromatic hydroxyl groups is 1. The number of phenolic OH excluding ortho intramolecular Hbond substituents is 1. The molecule has 0 saturated carbocycles. The second kappa shape index (κ2) is 16.0. The lowest BCUT2D eigenvalue weighted by Crippen LogP contribution is -2.33. The Kier molecular flexibility index (Phi) is 11.3. The Hall–Kier alpha value is -5.06. The summed E-state index contributed by atoms with van der Waals surface area (Å²) in [7, 11) is 3.19. The summed E-state index contributed by atoms with van der Waals surface area (Å²) >= 11 is 0. The number of amides is 1. The van der Waals surface area contributed by atoms with Crippen LogP contribution in [0.25, 0.3) is 10.9 Å². The second-order valence-corrected chi connectivity index (χ2v) is 11.3. The predicted molar refractivity (Wildman–Crippen MR) is 181 cm³/mol. The third-order valence-corrected chi connectivity index (χ3v) is 8.10. The molecule has 0 saturated heterocycles. The third kappa shape index (κ3) is 8.60. The molecule has 1 aliphatic carbocycles. The minimum atomic E-state index is -0.877. The van der Waals surface area contributed by atoms with Crippen molar-refractivity contribution in [2.24, 2.45) is 0 Å². The number of allylic oxidation sites excluding steroid dienone is 3. The van der Waals surface area contributed by atoms with E-state index in [1.807, 2.05) is 42.5 Å². The van der Waals surface area contributed by atoms with Gasteiger partial charge in [0.15, 0.2) is 0 Å². The van der Waals surface area contributed by atoms with Crippen molar-refractivity contribution in [1.82, 2.24) is 15.2 Å². The molecule has 47 heavy (non-hydrogen) atoms. The van der Waals surface area contributed by atoms with E-state index in [2.05, 4.69) is 22.5 Å². The first-order chi connectivity index (χ1) is 22.9. The van der Waals surface area contributed by atoms with Gasteiger partial charge in [-0.3, -0.25) is 9.59 Å². The summed E-state index contributed by atoms with van der Waals surface area (Å²) in [5, 5.41) is 24.9. The van der Waals surface area contributed by atoms with Gasteiger partial charge in [0.2, 0.25) is 5.56 Å². The first-order valence-electron chi connectivity index (χ1n) is 15.7. The number of rotatable bonds is 15. The quantitative estimate of drug-likeness (QED) is 0.128. The average Bonchev–Trinajstić information content (AvgIpc) is 3.10. The summed E-state index contributed by atoms with van der Waals surface area (Å²) in [4.78, 5) is 30.0. The molecule has 0 spiro atoms. The summed E-state index contributed by atoms with van der Waals surface area (Å²) in [6, 6.07) is 19.1. The molecule has 0 radical (unpaired) electrons. The van der Waals surface area contributed by atoms with Gasteiger partial charge in [-0.2, -0.15) is 0 Å². The van der Waals surface area contributed by atoms with Crippen molar-refractivity contribution >= 4 is 16.8 Å². The van der Waals surface area contributed by atoms with Crippen LogP contribution in [-0.4, -0.2) is 59.9 Å². The average molecular weight is 640 g/mol. The highest BCUT2D eigenvalue weighted by molar-refractivity contribution is 5.94. The minimum Gasteiger partial charge on any atom is -0.506 e. The van der Waals surface area contributed by atoms with Gasteiger partial charge in [0.1, 0.15) is 29.6 Å². The summed E-state index contributed by atoms with van der Waals surface area (Å²) in [6.45, 7) is 1.99. The number of methoxy groups -OCH3 is 2. The molecule has 4 aromatic rings. The number of phenols is 1. The summed E-state index contributed by atoms with van der Waals surface area (Å²) in [6.07, 6.45) is 7.92. The number of fused-ring (bicyclic) bond motifs is 1. The molecule has 1 amide bonds. The smallest absolute Gasteiger partial charge is 0.254 e. The summed E-state index contributed by atoms with van der Waals surface area (Å²) in [5.74, 6) is 1.99. The molecule has 4 N–H and O–H groups in total. The number of hydrogen-bond acceptors (Lipinski definition) is 8. The number of aromatic amines is 1. The van der Waals surface area contributed by atoms with Crippen molar-refractivity contribution in [3.05, 3.63) is 123 Å². The van der Waals surface area contributed by atoms with Crippen LogP contribution in [0.3, 0.4) is 0 Å². The molecular weight excluding hydrogens is 598 g/mol. The fraction of sp³-hybridized carbons (Fsp3) is 0.297. The zero-order valence-electron chi connectivity index (χ0n) is 26.7. The number of aliphatic hydroxyl groups excluding tert-OH is 1. The van der Waals surface area contributed by atoms with Gasteiger partial charge in [0.25, 0.3) is 5.91 Å². The molecular formula is C37H41N3O7. The van der Waals surface area contributed by atoms with Crippen LogP contribution in [0.5, 0.6) is 17.2 Å². The molecule has 1 atom stereocenters. The molecule has 0 unspecified atom stereocenters. The van der Waals surface area contributed by atoms with E-state index in [9.17, 15) is 19.8 Å². The number of nitrogens with zero attached hydrogens (tertiary/aromatic N) is 1. The van der Waals surface area contributed by atoms with E-state index in [4.69, 9.17) is 14.2 Å². The number of aromatic nitrogens is 1. The van der Waals surface area contributed by atoms with Gasteiger partial charge in [0.05, 0.1) is 25.8 Å². The van der Waals surface area contributed by atoms with Crippen LogP contribution in [0.15, 0.2) is 95.5 Å². The molecule has 0 aliphatic heterocycles. The maximum atomic E-state index is 13.8. The third-order valence-electron chi connectivity index (χ3n) is 8.10. The van der Waals surface area contributed by atoms with Crippen molar-refractivity contribution in [3.63, 3.8) is 0 Å². The molecule has 10 heteroatoms. The molecule has 1 aromatic heterocycles. The van der Waals surface area contributed by atoms with Gasteiger partial charge >= 0.3 is 0 Å². The number of aliphatic hydroxyl groups is 1. The molecule has 0 bridgehead atoms. The van der Waals surface area contributed by atoms with Crippen LogP contribution in [0, 0.1) is 0 Å². The van der Waals surface area contributed by atoms with E-state index < -0.39 is 6.10 Å². The number of hydrogen-bond donors (Lipinski definition) is 4. The van der Waals surface area contributed by atoms with Crippen molar-refractivity contribution in [2.45, 2.75) is 38.5 Å².